The Morgan fingerprint density at radius 3 is 2.31 bits per heavy atom. The van der Waals surface area contributed by atoms with Crippen LogP contribution in [0.15, 0.2) is 34.1 Å². The van der Waals surface area contributed by atoms with E-state index in [1.165, 1.54) is 6.08 Å². The Bertz CT molecular complexity index is 408. The molecule has 0 aliphatic heterocycles. The lowest BCUT2D eigenvalue weighted by atomic mass is 10.2. The van der Waals surface area contributed by atoms with Crippen molar-refractivity contribution in [2.45, 2.75) is 0 Å². The molecule has 0 spiro atoms. The lowest BCUT2D eigenvalue weighted by Gasteiger charge is -1.96. The van der Waals surface area contributed by atoms with Crippen LogP contribution >= 0.6 is 0 Å². The van der Waals surface area contributed by atoms with Gasteiger partial charge in [-0.25, -0.2) is 0 Å². The molecule has 0 bridgehead atoms. The van der Waals surface area contributed by atoms with Crippen molar-refractivity contribution in [2.75, 3.05) is 0 Å². The molecule has 3 nitrogen and oxygen atoms in total. The van der Waals surface area contributed by atoms with Crippen molar-refractivity contribution in [1.29, 1.82) is 0 Å². The van der Waals surface area contributed by atoms with E-state index in [4.69, 9.17) is 4.55 Å². The van der Waals surface area contributed by atoms with E-state index in [9.17, 15) is 8.42 Å². The SMILES string of the molecule is O=S(=O)(O)[C]([AlH2])=Cc1ccccc1. The van der Waals surface area contributed by atoms with Crippen LogP contribution in [0.5, 0.6) is 0 Å². The zero-order chi connectivity index (χ0) is 9.90. The fourth-order valence-corrected chi connectivity index (χ4v) is 1.48. The van der Waals surface area contributed by atoms with E-state index in [1.807, 2.05) is 18.2 Å². The second-order valence-corrected chi connectivity index (χ2v) is 6.04. The largest absolute Gasteiger partial charge is 0.283 e. The van der Waals surface area contributed by atoms with E-state index in [2.05, 4.69) is 0 Å². The molecule has 5 heteroatoms. The maximum absolute atomic E-state index is 10.7. The van der Waals surface area contributed by atoms with Gasteiger partial charge >= 0.3 is 0 Å². The minimum Gasteiger partial charge on any atom is -0.283 e. The number of hydrogen-bond acceptors (Lipinski definition) is 2. The topological polar surface area (TPSA) is 54.4 Å². The van der Waals surface area contributed by atoms with Crippen molar-refractivity contribution < 1.29 is 13.0 Å². The molecule has 0 aromatic heterocycles. The van der Waals surface area contributed by atoms with Crippen LogP contribution in [-0.4, -0.2) is 29.3 Å². The van der Waals surface area contributed by atoms with Crippen LogP contribution in [0.25, 0.3) is 6.08 Å². The third-order valence-corrected chi connectivity index (χ3v) is 4.34. The van der Waals surface area contributed by atoms with Gasteiger partial charge in [-0.15, -0.1) is 0 Å². The van der Waals surface area contributed by atoms with Gasteiger partial charge in [0.1, 0.15) is 0 Å². The van der Waals surface area contributed by atoms with Gasteiger partial charge in [0.15, 0.2) is 0 Å². The molecule has 0 fully saturated rings. The molecule has 68 valence electrons. The monoisotopic (exact) mass is 212 g/mol. The quantitative estimate of drug-likeness (QED) is 0.574. The summed E-state index contributed by atoms with van der Waals surface area (Å²) in [6, 6.07) is 9.03. The molecule has 0 atom stereocenters. The van der Waals surface area contributed by atoms with Gasteiger partial charge in [-0.2, -0.15) is 8.42 Å². The van der Waals surface area contributed by atoms with Crippen molar-refractivity contribution in [3.63, 3.8) is 0 Å². The molecule has 0 saturated carbocycles. The lowest BCUT2D eigenvalue weighted by Crippen LogP contribution is -2.00. The summed E-state index contributed by atoms with van der Waals surface area (Å²) < 4.78 is 30.1. The molecule has 0 aliphatic carbocycles. The summed E-state index contributed by atoms with van der Waals surface area (Å²) >= 11 is 0.306. The van der Waals surface area contributed by atoms with Gasteiger partial charge in [0.25, 0.3) is 26.4 Å². The summed E-state index contributed by atoms with van der Waals surface area (Å²) in [5.74, 6) is 0. The molecule has 1 aromatic carbocycles. The van der Waals surface area contributed by atoms with E-state index in [1.54, 1.807) is 12.1 Å². The summed E-state index contributed by atoms with van der Waals surface area (Å²) in [5.41, 5.74) is 0.783. The smallest absolute Gasteiger partial charge is 0.282 e. The summed E-state index contributed by atoms with van der Waals surface area (Å²) in [6.07, 6.45) is 1.47. The molecule has 1 rings (SSSR count). The maximum atomic E-state index is 10.7. The van der Waals surface area contributed by atoms with Crippen LogP contribution in [0, 0.1) is 0 Å². The fourth-order valence-electron chi connectivity index (χ4n) is 0.858. The summed E-state index contributed by atoms with van der Waals surface area (Å²) in [5, 5.41) is 0. The summed E-state index contributed by atoms with van der Waals surface area (Å²) in [6.45, 7) is 0. The van der Waals surface area contributed by atoms with Crippen molar-refractivity contribution in [2.24, 2.45) is 0 Å². The van der Waals surface area contributed by atoms with Gasteiger partial charge in [-0.1, -0.05) is 36.4 Å². The molecule has 13 heavy (non-hydrogen) atoms. The molecule has 0 aliphatic rings. The Morgan fingerprint density at radius 1 is 1.31 bits per heavy atom. The van der Waals surface area contributed by atoms with E-state index in [0.717, 1.165) is 5.56 Å². The van der Waals surface area contributed by atoms with Gasteiger partial charge in [0.2, 0.25) is 0 Å². The highest BCUT2D eigenvalue weighted by Crippen LogP contribution is 2.07. The molecular weight excluding hydrogens is 203 g/mol. The molecule has 0 radical (unpaired) electrons. The van der Waals surface area contributed by atoms with Gasteiger partial charge in [-0.05, 0) is 9.33 Å². The standard InChI is InChI=1S/C8H7O3S.Al.2H/c9-12(10,11)7-6-8-4-2-1-3-5-8;;;/h1-6H,(H,9,10,11);;;. The first kappa shape index (κ1) is 10.5. The van der Waals surface area contributed by atoms with Crippen LogP contribution in [-0.2, 0) is 10.1 Å². The second kappa shape index (κ2) is 4.07. The van der Waals surface area contributed by atoms with Crippen LogP contribution in [0.1, 0.15) is 5.56 Å². The first-order chi connectivity index (χ1) is 6.00. The first-order valence-electron chi connectivity index (χ1n) is 3.71. The van der Waals surface area contributed by atoms with Gasteiger partial charge in [-0.3, -0.25) is 4.55 Å². The predicted octanol–water partition coefficient (Wildman–Crippen LogP) is 0.506. The Hall–Kier alpha value is -0.598. The Balaban J connectivity index is 3.04. The first-order valence-corrected chi connectivity index (χ1v) is 6.15. The van der Waals surface area contributed by atoms with Crippen LogP contribution in [0.2, 0.25) is 0 Å². The zero-order valence-electron chi connectivity index (χ0n) is 7.14. The molecule has 0 unspecified atom stereocenters. The highest BCUT2D eigenvalue weighted by atomic mass is 32.2. The second-order valence-electron chi connectivity index (χ2n) is 2.64. The van der Waals surface area contributed by atoms with Crippen LogP contribution in [0.3, 0.4) is 0 Å². The number of hydrogen-bond donors (Lipinski definition) is 1. The Morgan fingerprint density at radius 2 is 1.85 bits per heavy atom. The third kappa shape index (κ3) is 3.33. The highest BCUT2D eigenvalue weighted by Gasteiger charge is 2.05. The van der Waals surface area contributed by atoms with E-state index in [-0.39, 0.29) is 3.77 Å². The van der Waals surface area contributed by atoms with Crippen molar-refractivity contribution in [3.05, 3.63) is 39.7 Å². The predicted molar refractivity (Wildman–Crippen MR) is 54.5 cm³/mol. The number of rotatable bonds is 2. The van der Waals surface area contributed by atoms with Gasteiger partial charge < -0.3 is 0 Å². The highest BCUT2D eigenvalue weighted by molar-refractivity contribution is 7.91. The fraction of sp³-hybridized carbons (Fsp3) is 0. The van der Waals surface area contributed by atoms with Crippen molar-refractivity contribution in [3.8, 4) is 0 Å². The minimum absolute atomic E-state index is 0.0821. The van der Waals surface area contributed by atoms with Crippen molar-refractivity contribution in [1.82, 2.24) is 0 Å². The minimum atomic E-state index is -3.98. The van der Waals surface area contributed by atoms with Crippen LogP contribution in [0.4, 0.5) is 0 Å². The normalized spacial score (nSPS) is 12.8. The lowest BCUT2D eigenvalue weighted by molar-refractivity contribution is 0.493. The molecule has 1 aromatic rings. The van der Waals surface area contributed by atoms with Crippen molar-refractivity contribution >= 4 is 32.5 Å². The van der Waals surface area contributed by atoms with Crippen LogP contribution < -0.4 is 0 Å². The Kier molecular flexibility index (Phi) is 3.29. The van der Waals surface area contributed by atoms with E-state index in [0.29, 0.717) is 16.3 Å². The maximum Gasteiger partial charge on any atom is 0.282 e. The Labute approximate surface area is 85.3 Å². The molecule has 0 heterocycles. The molecule has 0 amide bonds. The van der Waals surface area contributed by atoms with E-state index < -0.39 is 10.1 Å². The molecule has 0 saturated heterocycles. The summed E-state index contributed by atoms with van der Waals surface area (Å²) in [7, 11) is -3.98. The summed E-state index contributed by atoms with van der Waals surface area (Å²) in [4.78, 5) is 0. The van der Waals surface area contributed by atoms with Gasteiger partial charge in [0.05, 0.1) is 0 Å². The van der Waals surface area contributed by atoms with E-state index >= 15 is 0 Å². The third-order valence-electron chi connectivity index (χ3n) is 1.58. The van der Waals surface area contributed by atoms with Gasteiger partial charge in [0, 0.05) is 0 Å². The number of benzene rings is 1. The average Bonchev–Trinajstić information content (AvgIpc) is 2.04. The molecule has 1 N–H and O–H groups in total. The zero-order valence-corrected chi connectivity index (χ0v) is 9.95. The average molecular weight is 212 g/mol. The molecular formula is C8H9AlO3S.